The van der Waals surface area contributed by atoms with E-state index in [0.717, 1.165) is 135 Å². The lowest BCUT2D eigenvalue weighted by molar-refractivity contribution is -0.166. The molecule has 0 rings (SSSR count). The predicted molar refractivity (Wildman–Crippen MR) is 348 cm³/mol. The largest absolute Gasteiger partial charge is 0.462 e. The molecule has 452 valence electrons. The first-order valence-corrected chi connectivity index (χ1v) is 32.8. The van der Waals surface area contributed by atoms with Crippen molar-refractivity contribution in [1.82, 2.24) is 0 Å². The summed E-state index contributed by atoms with van der Waals surface area (Å²) in [5.41, 5.74) is 0. The van der Waals surface area contributed by atoms with Gasteiger partial charge in [0.1, 0.15) is 13.2 Å². The fraction of sp³-hybridized carbons (Fsp3) is 0.635. The molecule has 0 heterocycles. The number of carbonyl (C=O) groups is 3. The number of allylic oxidation sites excluding steroid dienone is 23. The van der Waals surface area contributed by atoms with Crippen LogP contribution < -0.4 is 0 Å². The third kappa shape index (κ3) is 64.1. The second-order valence-corrected chi connectivity index (χ2v) is 21.3. The normalized spacial score (nSPS) is 13.1. The third-order valence-corrected chi connectivity index (χ3v) is 13.6. The van der Waals surface area contributed by atoms with E-state index in [0.29, 0.717) is 12.8 Å². The Balaban J connectivity index is 4.47. The van der Waals surface area contributed by atoms with Gasteiger partial charge in [0.25, 0.3) is 0 Å². The SMILES string of the molecule is CC/C=C\C/C=C\C/C=C\C/C=C\C/C=C\C/C=C\C/C=C\CCCCCCCC(=O)OCC(COC(=O)C/C=C\C/C=C\C/C=C\C/C=C\C/C=C\CC)OC(=O)CCCCCCCCCCCCCCCCCCCCCC. The van der Waals surface area contributed by atoms with Crippen LogP contribution in [0.1, 0.15) is 284 Å². The molecule has 0 aliphatic carbocycles. The topological polar surface area (TPSA) is 78.9 Å². The van der Waals surface area contributed by atoms with Crippen molar-refractivity contribution in [3.8, 4) is 0 Å². The number of hydrogen-bond donors (Lipinski definition) is 0. The van der Waals surface area contributed by atoms with Crippen molar-refractivity contribution in [2.45, 2.75) is 290 Å². The fourth-order valence-electron chi connectivity index (χ4n) is 8.79. The molecule has 0 spiro atoms. The number of esters is 3. The molecule has 1 unspecified atom stereocenters. The van der Waals surface area contributed by atoms with Crippen molar-refractivity contribution < 1.29 is 28.6 Å². The molecule has 0 amide bonds. The molecule has 0 saturated heterocycles. The van der Waals surface area contributed by atoms with Crippen molar-refractivity contribution >= 4 is 17.9 Å². The highest BCUT2D eigenvalue weighted by Crippen LogP contribution is 2.16. The van der Waals surface area contributed by atoms with Crippen LogP contribution in [0.25, 0.3) is 0 Å². The monoisotopic (exact) mass is 1100 g/mol. The van der Waals surface area contributed by atoms with Crippen molar-refractivity contribution in [2.75, 3.05) is 13.2 Å². The van der Waals surface area contributed by atoms with Crippen LogP contribution in [0.4, 0.5) is 0 Å². The predicted octanol–water partition coefficient (Wildman–Crippen LogP) is 22.7. The van der Waals surface area contributed by atoms with E-state index in [4.69, 9.17) is 14.2 Å². The quantitative estimate of drug-likeness (QED) is 0.0261. The van der Waals surface area contributed by atoms with Gasteiger partial charge in [-0.15, -0.1) is 0 Å². The summed E-state index contributed by atoms with van der Waals surface area (Å²) in [6.07, 6.45) is 96.0. The minimum absolute atomic E-state index is 0.119. The molecule has 0 bridgehead atoms. The molecule has 0 aliphatic rings. The van der Waals surface area contributed by atoms with Crippen LogP contribution >= 0.6 is 0 Å². The average molecular weight is 1110 g/mol. The molecule has 80 heavy (non-hydrogen) atoms. The summed E-state index contributed by atoms with van der Waals surface area (Å²) >= 11 is 0. The van der Waals surface area contributed by atoms with E-state index in [2.05, 4.69) is 154 Å². The van der Waals surface area contributed by atoms with Gasteiger partial charge in [-0.1, -0.05) is 308 Å². The van der Waals surface area contributed by atoms with Gasteiger partial charge in [0.15, 0.2) is 6.10 Å². The third-order valence-electron chi connectivity index (χ3n) is 13.6. The Morgan fingerprint density at radius 1 is 0.275 bits per heavy atom. The minimum atomic E-state index is -0.832. The molecule has 0 aromatic carbocycles. The summed E-state index contributed by atoms with van der Waals surface area (Å²) in [5, 5.41) is 0. The average Bonchev–Trinajstić information content (AvgIpc) is 3.46. The highest BCUT2D eigenvalue weighted by Gasteiger charge is 2.19. The second-order valence-electron chi connectivity index (χ2n) is 21.3. The van der Waals surface area contributed by atoms with Crippen molar-refractivity contribution in [3.63, 3.8) is 0 Å². The minimum Gasteiger partial charge on any atom is -0.462 e. The molecule has 1 atom stereocenters. The zero-order chi connectivity index (χ0) is 57.8. The zero-order valence-corrected chi connectivity index (χ0v) is 51.8. The van der Waals surface area contributed by atoms with Gasteiger partial charge in [0, 0.05) is 12.8 Å². The van der Waals surface area contributed by atoms with Gasteiger partial charge in [0.05, 0.1) is 6.42 Å². The Morgan fingerprint density at radius 3 is 0.875 bits per heavy atom. The Morgan fingerprint density at radius 2 is 0.537 bits per heavy atom. The molecule has 6 nitrogen and oxygen atoms in total. The molecule has 6 heteroatoms. The van der Waals surface area contributed by atoms with E-state index in [1.165, 1.54) is 109 Å². The van der Waals surface area contributed by atoms with E-state index in [1.54, 1.807) is 6.08 Å². The summed E-state index contributed by atoms with van der Waals surface area (Å²) in [6, 6.07) is 0. The van der Waals surface area contributed by atoms with Gasteiger partial charge in [0.2, 0.25) is 0 Å². The smallest absolute Gasteiger partial charge is 0.309 e. The summed E-state index contributed by atoms with van der Waals surface area (Å²) in [5.74, 6) is -1.07. The van der Waals surface area contributed by atoms with Gasteiger partial charge in [-0.05, 0) is 103 Å². The van der Waals surface area contributed by atoms with Crippen LogP contribution in [0, 0.1) is 0 Å². The van der Waals surface area contributed by atoms with Gasteiger partial charge in [-0.3, -0.25) is 14.4 Å². The van der Waals surface area contributed by atoms with Gasteiger partial charge >= 0.3 is 17.9 Å². The summed E-state index contributed by atoms with van der Waals surface area (Å²) in [4.78, 5) is 38.3. The lowest BCUT2D eigenvalue weighted by atomic mass is 10.0. The van der Waals surface area contributed by atoms with E-state index in [-0.39, 0.29) is 31.6 Å². The first-order chi connectivity index (χ1) is 39.5. The Labute approximate surface area is 493 Å². The Kier molecular flexibility index (Phi) is 62.9. The first kappa shape index (κ1) is 75.3. The maximum absolute atomic E-state index is 12.9. The summed E-state index contributed by atoms with van der Waals surface area (Å²) in [6.45, 7) is 6.33. The maximum atomic E-state index is 12.9. The van der Waals surface area contributed by atoms with E-state index >= 15 is 0 Å². The van der Waals surface area contributed by atoms with Crippen LogP contribution in [0.2, 0.25) is 0 Å². The first-order valence-electron chi connectivity index (χ1n) is 32.8. The van der Waals surface area contributed by atoms with Crippen molar-refractivity contribution in [1.29, 1.82) is 0 Å². The van der Waals surface area contributed by atoms with Crippen molar-refractivity contribution in [3.05, 3.63) is 146 Å². The molecule has 0 aromatic rings. The van der Waals surface area contributed by atoms with Crippen LogP contribution in [-0.2, 0) is 28.6 Å². The lowest BCUT2D eigenvalue weighted by Crippen LogP contribution is -2.30. The van der Waals surface area contributed by atoms with Crippen LogP contribution in [0.5, 0.6) is 0 Å². The molecule has 0 fully saturated rings. The Bertz CT molecular complexity index is 1750. The highest BCUT2D eigenvalue weighted by atomic mass is 16.6. The van der Waals surface area contributed by atoms with Gasteiger partial charge in [-0.25, -0.2) is 0 Å². The van der Waals surface area contributed by atoms with Gasteiger partial charge < -0.3 is 14.2 Å². The lowest BCUT2D eigenvalue weighted by Gasteiger charge is -2.18. The summed E-state index contributed by atoms with van der Waals surface area (Å²) in [7, 11) is 0. The summed E-state index contributed by atoms with van der Waals surface area (Å²) < 4.78 is 16.8. The molecular weight excluding hydrogens is 985 g/mol. The second kappa shape index (κ2) is 66.8. The maximum Gasteiger partial charge on any atom is 0.309 e. The molecular formula is C74H120O6. The number of ether oxygens (including phenoxy) is 3. The number of unbranched alkanes of at least 4 members (excludes halogenated alkanes) is 24. The fourth-order valence-corrected chi connectivity index (χ4v) is 8.79. The standard InChI is InChI=1S/C74H120O6/c1-4-7-10-13-16-19-22-25-28-30-32-34-35-36-37-38-39-40-42-43-46-49-52-55-58-61-64-67-73(76)79-70-71(69-78-72(75)66-63-60-57-54-51-48-45-27-24-21-18-15-12-9-6-3)80-74(77)68-65-62-59-56-53-50-47-44-41-33-31-29-26-23-20-17-14-11-8-5-2/h7,9-10,12,16,18-19,21,25,27-28,32,34,36-37,39-40,43,45-46,51,54,60,63,71H,4-6,8,11,13-15,17,20,22-24,26,29-31,33,35,38,41-42,44,47-50,52-53,55-59,61-62,64-70H2,1-3H3/b10-7-,12-9-,19-16-,21-18-,28-25-,34-32-,37-36-,40-39-,45-27-,46-43-,54-51-,63-60-. The molecule has 0 saturated carbocycles. The molecule has 0 radical (unpaired) electrons. The number of carbonyl (C=O) groups excluding carboxylic acids is 3. The molecule has 0 N–H and O–H groups in total. The highest BCUT2D eigenvalue weighted by molar-refractivity contribution is 5.72. The van der Waals surface area contributed by atoms with Crippen LogP contribution in [0.15, 0.2) is 146 Å². The van der Waals surface area contributed by atoms with E-state index < -0.39 is 12.1 Å². The Hall–Kier alpha value is -4.71. The van der Waals surface area contributed by atoms with E-state index in [9.17, 15) is 14.4 Å². The molecule has 0 aliphatic heterocycles. The van der Waals surface area contributed by atoms with Crippen LogP contribution in [-0.4, -0.2) is 37.2 Å². The molecule has 0 aromatic heterocycles. The van der Waals surface area contributed by atoms with Gasteiger partial charge in [-0.2, -0.15) is 0 Å². The number of rotatable bonds is 58. The number of hydrogen-bond acceptors (Lipinski definition) is 6. The van der Waals surface area contributed by atoms with Crippen molar-refractivity contribution in [2.24, 2.45) is 0 Å². The van der Waals surface area contributed by atoms with Crippen LogP contribution in [0.3, 0.4) is 0 Å². The van der Waals surface area contributed by atoms with E-state index in [1.807, 2.05) is 6.08 Å². The zero-order valence-electron chi connectivity index (χ0n) is 51.8.